The Morgan fingerprint density at radius 2 is 1.50 bits per heavy atom. The van der Waals surface area contributed by atoms with Gasteiger partial charge in [0.25, 0.3) is 0 Å². The average molecular weight is 486 g/mol. The van der Waals surface area contributed by atoms with Crippen molar-refractivity contribution in [3.8, 4) is 11.6 Å². The summed E-state index contributed by atoms with van der Waals surface area (Å²) in [7, 11) is 1.77. The third kappa shape index (κ3) is 3.74. The number of imidazole rings is 1. The Bertz CT molecular complexity index is 1390. The minimum atomic E-state index is -0.284. The van der Waals surface area contributed by atoms with Gasteiger partial charge < -0.3 is 4.74 Å². The topological polar surface area (TPSA) is 49.0 Å². The molecule has 0 atom stereocenters. The van der Waals surface area contributed by atoms with E-state index in [1.807, 2.05) is 84.9 Å². The number of hydrogen-bond acceptors (Lipinski definition) is 3. The molecule has 0 amide bonds. The number of hydrogen-bond donors (Lipinski definition) is 0. The van der Waals surface area contributed by atoms with Crippen molar-refractivity contribution in [3.63, 3.8) is 0 Å². The summed E-state index contributed by atoms with van der Waals surface area (Å²) in [5.41, 5.74) is 4.31. The fraction of sp³-hybridized carbons (Fsp3) is 0.0769. The molecule has 2 aromatic heterocycles. The van der Waals surface area contributed by atoms with Gasteiger partial charge in [-0.2, -0.15) is 0 Å². The van der Waals surface area contributed by atoms with Gasteiger partial charge in [-0.15, -0.1) is 0 Å². The van der Waals surface area contributed by atoms with Gasteiger partial charge in [0, 0.05) is 17.6 Å². The summed E-state index contributed by atoms with van der Waals surface area (Å²) in [6.07, 6.45) is 1.39. The molecule has 5 rings (SSSR count). The highest BCUT2D eigenvalue weighted by atomic mass is 79.9. The molecule has 0 spiro atoms. The molecule has 3 aromatic carbocycles. The quantitative estimate of drug-likeness (QED) is 0.323. The lowest BCUT2D eigenvalue weighted by molar-refractivity contribution is 0.237. The molecule has 32 heavy (non-hydrogen) atoms. The minimum Gasteiger partial charge on any atom is -0.465 e. The highest BCUT2D eigenvalue weighted by Crippen LogP contribution is 2.28. The van der Waals surface area contributed by atoms with Crippen LogP contribution in [0.15, 0.2) is 106 Å². The molecule has 0 fully saturated rings. The number of halogens is 1. The largest absolute Gasteiger partial charge is 0.465 e. The number of ether oxygens (including phenoxy) is 1. The van der Waals surface area contributed by atoms with E-state index in [4.69, 9.17) is 4.74 Å². The van der Waals surface area contributed by atoms with E-state index < -0.39 is 0 Å². The van der Waals surface area contributed by atoms with E-state index in [1.165, 1.54) is 0 Å². The number of benzene rings is 3. The lowest BCUT2D eigenvalue weighted by Crippen LogP contribution is -2.21. The number of nitrogens with zero attached hydrogens (tertiary/aromatic N) is 3. The van der Waals surface area contributed by atoms with Gasteiger partial charge in [0.2, 0.25) is 5.88 Å². The van der Waals surface area contributed by atoms with Crippen LogP contribution < -0.4 is 10.4 Å². The zero-order valence-corrected chi connectivity index (χ0v) is 18.9. The van der Waals surface area contributed by atoms with Gasteiger partial charge in [-0.3, -0.25) is 9.13 Å². The van der Waals surface area contributed by atoms with Crippen LogP contribution in [0, 0.1) is 0 Å². The molecular weight excluding hydrogens is 466 g/mol. The summed E-state index contributed by atoms with van der Waals surface area (Å²) in [6.45, 7) is 0. The first-order chi connectivity index (χ1) is 15.6. The summed E-state index contributed by atoms with van der Waals surface area (Å²) in [6, 6.07) is 29.6. The van der Waals surface area contributed by atoms with Gasteiger partial charge in [0.1, 0.15) is 0 Å². The first-order valence-corrected chi connectivity index (χ1v) is 11.0. The fourth-order valence-electron chi connectivity index (χ4n) is 3.84. The number of aryl methyl sites for hydroxylation is 1. The fourth-order valence-corrected chi connectivity index (χ4v) is 4.19. The summed E-state index contributed by atoms with van der Waals surface area (Å²) in [5, 5.41) is 0. The van der Waals surface area contributed by atoms with E-state index in [2.05, 4.69) is 20.9 Å². The Balaban J connectivity index is 1.51. The molecule has 0 saturated heterocycles. The van der Waals surface area contributed by atoms with Crippen LogP contribution in [0.5, 0.6) is 5.88 Å². The zero-order chi connectivity index (χ0) is 22.1. The third-order valence-electron chi connectivity index (χ3n) is 5.44. The van der Waals surface area contributed by atoms with Crippen LogP contribution in [0.1, 0.15) is 17.2 Å². The van der Waals surface area contributed by atoms with Crippen molar-refractivity contribution in [1.29, 1.82) is 0 Å². The molecule has 0 aliphatic rings. The second-order valence-electron chi connectivity index (χ2n) is 7.48. The predicted octanol–water partition coefficient (Wildman–Crippen LogP) is 5.66. The minimum absolute atomic E-state index is 0.125. The van der Waals surface area contributed by atoms with Gasteiger partial charge in [0.05, 0.1) is 22.9 Å². The van der Waals surface area contributed by atoms with Crippen LogP contribution in [-0.2, 0) is 7.05 Å². The van der Waals surface area contributed by atoms with Crippen molar-refractivity contribution in [2.75, 3.05) is 0 Å². The van der Waals surface area contributed by atoms with Gasteiger partial charge in [-0.1, -0.05) is 76.6 Å². The lowest BCUT2D eigenvalue weighted by Gasteiger charge is -2.19. The van der Waals surface area contributed by atoms with Crippen LogP contribution in [-0.4, -0.2) is 14.1 Å². The van der Waals surface area contributed by atoms with E-state index in [1.54, 1.807) is 28.4 Å². The summed E-state index contributed by atoms with van der Waals surface area (Å²) in [4.78, 5) is 17.4. The van der Waals surface area contributed by atoms with Crippen molar-refractivity contribution in [3.05, 3.63) is 123 Å². The monoisotopic (exact) mass is 485 g/mol. The maximum atomic E-state index is 12.9. The zero-order valence-electron chi connectivity index (χ0n) is 17.4. The number of aromatic nitrogens is 3. The first-order valence-electron chi connectivity index (χ1n) is 10.2. The molecule has 2 heterocycles. The third-order valence-corrected chi connectivity index (χ3v) is 5.93. The van der Waals surface area contributed by atoms with Gasteiger partial charge in [-0.25, -0.2) is 9.78 Å². The van der Waals surface area contributed by atoms with Gasteiger partial charge in [0.15, 0.2) is 6.10 Å². The smallest absolute Gasteiger partial charge is 0.333 e. The summed E-state index contributed by atoms with van der Waals surface area (Å²) < 4.78 is 10.5. The van der Waals surface area contributed by atoms with E-state index in [-0.39, 0.29) is 11.8 Å². The second-order valence-corrected chi connectivity index (χ2v) is 8.40. The summed E-state index contributed by atoms with van der Waals surface area (Å²) >= 11 is 3.47. The van der Waals surface area contributed by atoms with Crippen LogP contribution >= 0.6 is 15.9 Å². The van der Waals surface area contributed by atoms with Crippen molar-refractivity contribution in [2.45, 2.75) is 6.10 Å². The Hall–Kier alpha value is -3.64. The first kappa shape index (κ1) is 20.3. The highest BCUT2D eigenvalue weighted by Gasteiger charge is 2.17. The predicted molar refractivity (Wildman–Crippen MR) is 129 cm³/mol. The normalized spacial score (nSPS) is 11.2. The lowest BCUT2D eigenvalue weighted by atomic mass is 10.0. The molecular formula is C26H20BrN3O2. The molecule has 158 valence electrons. The van der Waals surface area contributed by atoms with Crippen molar-refractivity contribution >= 4 is 27.0 Å². The van der Waals surface area contributed by atoms with Crippen LogP contribution in [0.3, 0.4) is 0 Å². The van der Waals surface area contributed by atoms with Crippen molar-refractivity contribution in [2.24, 2.45) is 7.05 Å². The Labute approximate surface area is 193 Å². The maximum Gasteiger partial charge on any atom is 0.333 e. The molecule has 0 aliphatic heterocycles. The number of rotatable bonds is 5. The standard InChI is InChI=1S/C26H20BrN3O2/c1-29-23-16-20(27)12-14-22(23)30(26(29)31)21-13-15-24(28-17-21)32-25(18-8-4-2-5-9-18)19-10-6-3-7-11-19/h2-17,25H,1H3. The molecule has 0 N–H and O–H groups in total. The van der Waals surface area contributed by atoms with Crippen molar-refractivity contribution in [1.82, 2.24) is 14.1 Å². The molecule has 6 heteroatoms. The van der Waals surface area contributed by atoms with Gasteiger partial charge in [-0.05, 0) is 35.4 Å². The Morgan fingerprint density at radius 1 is 0.844 bits per heavy atom. The Kier molecular flexibility index (Phi) is 5.37. The maximum absolute atomic E-state index is 12.9. The van der Waals surface area contributed by atoms with Crippen molar-refractivity contribution < 1.29 is 4.74 Å². The SMILES string of the molecule is Cn1c(=O)n(-c2ccc(OC(c3ccccc3)c3ccccc3)nc2)c2ccc(Br)cc21. The highest BCUT2D eigenvalue weighted by molar-refractivity contribution is 9.10. The molecule has 5 aromatic rings. The van der Waals surface area contributed by atoms with E-state index in [0.717, 1.165) is 26.6 Å². The molecule has 5 nitrogen and oxygen atoms in total. The van der Waals surface area contributed by atoms with Crippen LogP contribution in [0.2, 0.25) is 0 Å². The molecule has 0 unspecified atom stereocenters. The molecule has 0 bridgehead atoms. The van der Waals surface area contributed by atoms with Crippen LogP contribution in [0.4, 0.5) is 0 Å². The Morgan fingerprint density at radius 3 is 2.09 bits per heavy atom. The average Bonchev–Trinajstić information content (AvgIpc) is 3.08. The second kappa shape index (κ2) is 8.48. The number of pyridine rings is 1. The van der Waals surface area contributed by atoms with Gasteiger partial charge >= 0.3 is 5.69 Å². The molecule has 0 aliphatic carbocycles. The molecule has 0 saturated carbocycles. The summed E-state index contributed by atoms with van der Waals surface area (Å²) in [5.74, 6) is 0.488. The van der Waals surface area contributed by atoms with E-state index in [0.29, 0.717) is 11.6 Å². The van der Waals surface area contributed by atoms with E-state index >= 15 is 0 Å². The molecule has 0 radical (unpaired) electrons. The van der Waals surface area contributed by atoms with E-state index in [9.17, 15) is 4.79 Å². The number of fused-ring (bicyclic) bond motifs is 1. The van der Waals surface area contributed by atoms with Crippen LogP contribution in [0.25, 0.3) is 16.7 Å².